The lowest BCUT2D eigenvalue weighted by atomic mass is 10.3. The Morgan fingerprint density at radius 2 is 1.88 bits per heavy atom. The van der Waals surface area contributed by atoms with Crippen molar-refractivity contribution in [2.75, 3.05) is 24.7 Å². The van der Waals surface area contributed by atoms with Crippen molar-refractivity contribution in [2.45, 2.75) is 19.9 Å². The summed E-state index contributed by atoms with van der Waals surface area (Å²) in [6, 6.07) is 7.68. The van der Waals surface area contributed by atoms with E-state index in [2.05, 4.69) is 10.2 Å². The third kappa shape index (κ3) is 5.66. The molecule has 2 aromatic rings. The summed E-state index contributed by atoms with van der Waals surface area (Å²) in [5, 5.41) is 9.15. The fourth-order valence-corrected chi connectivity index (χ4v) is 3.36. The molecule has 0 unspecified atom stereocenters. The highest BCUT2D eigenvalue weighted by Crippen LogP contribution is 2.23. The van der Waals surface area contributed by atoms with Crippen LogP contribution in [0.2, 0.25) is 0 Å². The van der Waals surface area contributed by atoms with Gasteiger partial charge in [0.15, 0.2) is 0 Å². The third-order valence-corrected chi connectivity index (χ3v) is 4.96. The number of thiazole rings is 1. The zero-order valence-corrected chi connectivity index (χ0v) is 15.5. The fraction of sp³-hybridized carbons (Fsp3) is 0.400. The molecular formula is C15H20N4O3S2. The van der Waals surface area contributed by atoms with Gasteiger partial charge in [-0.25, -0.2) is 13.0 Å². The number of benzene rings is 1. The van der Waals surface area contributed by atoms with E-state index in [-0.39, 0.29) is 12.2 Å². The van der Waals surface area contributed by atoms with Crippen molar-refractivity contribution in [3.05, 3.63) is 35.3 Å². The minimum atomic E-state index is -4.18. The van der Waals surface area contributed by atoms with Crippen LogP contribution in [0.15, 0.2) is 40.7 Å². The first-order valence-corrected chi connectivity index (χ1v) is 9.76. The number of aryl methyl sites for hydroxylation is 2. The predicted octanol–water partition coefficient (Wildman–Crippen LogP) is 2.76. The summed E-state index contributed by atoms with van der Waals surface area (Å²) in [6.45, 7) is 2.36. The van der Waals surface area contributed by atoms with Crippen LogP contribution < -0.4 is 9.47 Å². The highest BCUT2D eigenvalue weighted by molar-refractivity contribution is 7.85. The monoisotopic (exact) mass is 368 g/mol. The Bertz CT molecular complexity index is 812. The molecule has 9 heteroatoms. The molecule has 0 spiro atoms. The van der Waals surface area contributed by atoms with Crippen molar-refractivity contribution in [1.29, 1.82) is 0 Å². The van der Waals surface area contributed by atoms with Crippen molar-refractivity contribution in [3.63, 3.8) is 0 Å². The lowest BCUT2D eigenvalue weighted by Gasteiger charge is -2.11. The van der Waals surface area contributed by atoms with Gasteiger partial charge in [-0.15, -0.1) is 0 Å². The van der Waals surface area contributed by atoms with E-state index in [4.69, 9.17) is 0 Å². The summed E-state index contributed by atoms with van der Waals surface area (Å²) in [7, 11) is -0.248. The first-order valence-electron chi connectivity index (χ1n) is 7.37. The van der Waals surface area contributed by atoms with E-state index in [9.17, 15) is 13.0 Å². The van der Waals surface area contributed by atoms with E-state index < -0.39 is 10.1 Å². The molecule has 0 bridgehead atoms. The summed E-state index contributed by atoms with van der Waals surface area (Å²) in [6.07, 6.45) is 2.14. The highest BCUT2D eigenvalue weighted by atomic mass is 32.2. The zero-order valence-electron chi connectivity index (χ0n) is 13.8. The van der Waals surface area contributed by atoms with Gasteiger partial charge in [-0.3, -0.25) is 0 Å². The molecule has 0 aliphatic heterocycles. The average Bonchev–Trinajstić information content (AvgIpc) is 2.84. The van der Waals surface area contributed by atoms with Gasteiger partial charge in [-0.2, -0.15) is 0 Å². The minimum Gasteiger partial charge on any atom is -0.748 e. The van der Waals surface area contributed by atoms with Gasteiger partial charge in [-0.1, -0.05) is 0 Å². The second-order valence-electron chi connectivity index (χ2n) is 5.54. The van der Waals surface area contributed by atoms with Crippen molar-refractivity contribution >= 4 is 38.0 Å². The van der Waals surface area contributed by atoms with Crippen LogP contribution in [-0.2, 0) is 16.7 Å². The number of aromatic nitrogens is 1. The molecule has 0 saturated heterocycles. The average molecular weight is 368 g/mol. The molecule has 0 radical (unpaired) electrons. The van der Waals surface area contributed by atoms with Crippen LogP contribution in [0.3, 0.4) is 0 Å². The molecule has 1 aromatic heterocycles. The van der Waals surface area contributed by atoms with Gasteiger partial charge in [0.2, 0.25) is 0 Å². The molecule has 0 N–H and O–H groups in total. The van der Waals surface area contributed by atoms with Crippen LogP contribution in [0, 0.1) is 6.92 Å². The van der Waals surface area contributed by atoms with Crippen LogP contribution in [0.5, 0.6) is 0 Å². The summed E-state index contributed by atoms with van der Waals surface area (Å²) in [4.78, 5) is 3.04. The van der Waals surface area contributed by atoms with Gasteiger partial charge in [0.1, 0.15) is 11.9 Å². The summed E-state index contributed by atoms with van der Waals surface area (Å²) in [5.41, 5.74) is 1.81. The van der Waals surface area contributed by atoms with Crippen molar-refractivity contribution in [2.24, 2.45) is 10.2 Å². The van der Waals surface area contributed by atoms with E-state index in [1.165, 1.54) is 11.3 Å². The first-order chi connectivity index (χ1) is 11.2. The number of anilines is 1. The van der Waals surface area contributed by atoms with Gasteiger partial charge in [0.25, 0.3) is 0 Å². The molecule has 7 nitrogen and oxygen atoms in total. The topological polar surface area (TPSA) is 89.0 Å². The Hall–Kier alpha value is -1.84. The number of hydrogen-bond acceptors (Lipinski definition) is 7. The van der Waals surface area contributed by atoms with E-state index in [0.29, 0.717) is 11.7 Å². The van der Waals surface area contributed by atoms with Gasteiger partial charge in [0, 0.05) is 30.4 Å². The van der Waals surface area contributed by atoms with E-state index in [1.807, 2.05) is 60.9 Å². The molecule has 0 saturated carbocycles. The quantitative estimate of drug-likeness (QED) is 0.427. The lowest BCUT2D eigenvalue weighted by molar-refractivity contribution is -0.680. The van der Waals surface area contributed by atoms with E-state index in [1.54, 1.807) is 0 Å². The van der Waals surface area contributed by atoms with Crippen molar-refractivity contribution in [1.82, 2.24) is 0 Å². The second kappa shape index (κ2) is 7.82. The molecule has 0 fully saturated rings. The summed E-state index contributed by atoms with van der Waals surface area (Å²) < 4.78 is 33.9. The van der Waals surface area contributed by atoms with Crippen LogP contribution in [0.25, 0.3) is 0 Å². The molecule has 0 aliphatic carbocycles. The van der Waals surface area contributed by atoms with Crippen LogP contribution >= 0.6 is 11.3 Å². The predicted molar refractivity (Wildman–Crippen MR) is 93.4 cm³/mol. The third-order valence-electron chi connectivity index (χ3n) is 3.25. The van der Waals surface area contributed by atoms with Crippen LogP contribution in [0.1, 0.15) is 11.3 Å². The molecular weight excluding hydrogens is 348 g/mol. The Morgan fingerprint density at radius 1 is 1.21 bits per heavy atom. The van der Waals surface area contributed by atoms with Gasteiger partial charge >= 0.3 is 5.13 Å². The number of nitrogens with zero attached hydrogens (tertiary/aromatic N) is 4. The van der Waals surface area contributed by atoms with Gasteiger partial charge < -0.3 is 9.45 Å². The molecule has 0 amide bonds. The Morgan fingerprint density at radius 3 is 2.46 bits per heavy atom. The molecule has 24 heavy (non-hydrogen) atoms. The molecule has 2 rings (SSSR count). The first kappa shape index (κ1) is 18.5. The van der Waals surface area contributed by atoms with Crippen LogP contribution in [0.4, 0.5) is 16.5 Å². The number of rotatable bonds is 7. The van der Waals surface area contributed by atoms with Gasteiger partial charge in [-0.05, 0) is 54.1 Å². The summed E-state index contributed by atoms with van der Waals surface area (Å²) in [5.74, 6) is -0.378. The maximum Gasteiger partial charge on any atom is 0.408 e. The zero-order chi connectivity index (χ0) is 17.7. The minimum absolute atomic E-state index is 0.257. The molecule has 1 aromatic carbocycles. The number of azo groups is 1. The van der Waals surface area contributed by atoms with Crippen LogP contribution in [-0.4, -0.2) is 32.8 Å². The lowest BCUT2D eigenvalue weighted by Crippen LogP contribution is -2.32. The Kier molecular flexibility index (Phi) is 6.03. The smallest absolute Gasteiger partial charge is 0.408 e. The standard InChI is InChI=1S/C15H20N4O3S2/c1-12-11-19(9-4-10-24(20,21)22)15(23-12)17-16-13-5-7-14(8-6-13)18(2)3/h5-8,11H,4,9-10H2,1-3H3. The van der Waals surface area contributed by atoms with Crippen molar-refractivity contribution < 1.29 is 17.5 Å². The summed E-state index contributed by atoms with van der Waals surface area (Å²) >= 11 is 1.47. The largest absolute Gasteiger partial charge is 0.748 e. The molecule has 0 atom stereocenters. The normalized spacial score (nSPS) is 12.0. The molecule has 130 valence electrons. The second-order valence-corrected chi connectivity index (χ2v) is 8.28. The van der Waals surface area contributed by atoms with Crippen molar-refractivity contribution in [3.8, 4) is 0 Å². The van der Waals surface area contributed by atoms with Gasteiger partial charge in [0.05, 0.1) is 21.8 Å². The molecule has 0 aliphatic rings. The van der Waals surface area contributed by atoms with E-state index in [0.717, 1.165) is 16.3 Å². The fourth-order valence-electron chi connectivity index (χ4n) is 2.07. The van der Waals surface area contributed by atoms with E-state index >= 15 is 0 Å². The maximum atomic E-state index is 10.7. The maximum absolute atomic E-state index is 10.7. The SMILES string of the molecule is Cc1c[n+](CCCS(=O)(=O)[O-])c(N=Nc2ccc(N(C)C)cc2)s1. The Labute approximate surface area is 146 Å². The highest BCUT2D eigenvalue weighted by Gasteiger charge is 2.15. The molecule has 1 heterocycles. The number of hydrogen-bond donors (Lipinski definition) is 0. The Balaban J connectivity index is 2.08.